The third-order valence-electron chi connectivity index (χ3n) is 7.59. The second kappa shape index (κ2) is 7.22. The smallest absolute Gasteiger partial charge is 0.388 e. The zero-order chi connectivity index (χ0) is 22.7. The van der Waals surface area contributed by atoms with E-state index in [-0.39, 0.29) is 23.9 Å². The van der Waals surface area contributed by atoms with Gasteiger partial charge in [-0.15, -0.1) is 0 Å². The molecule has 5 nitrogen and oxygen atoms in total. The number of rotatable bonds is 3. The number of hydrogen-bond acceptors (Lipinski definition) is 3. The summed E-state index contributed by atoms with van der Waals surface area (Å²) in [5.41, 5.74) is -2.13. The second-order valence-electron chi connectivity index (χ2n) is 10.0. The molecular weight excluding hydrogens is 409 g/mol. The number of carbonyl (C=O) groups excluding carboxylic acids is 2. The number of hydrogen-bond donors (Lipinski definition) is 1. The fraction of sp³-hybridized carbons (Fsp3) is 0.652. The van der Waals surface area contributed by atoms with Gasteiger partial charge in [-0.05, 0) is 76.6 Å². The largest absolute Gasteiger partial charge is 0.416 e. The first-order valence-corrected chi connectivity index (χ1v) is 10.9. The van der Waals surface area contributed by atoms with Gasteiger partial charge in [0.05, 0.1) is 16.6 Å². The second-order valence-corrected chi connectivity index (χ2v) is 10.0. The van der Waals surface area contributed by atoms with Crippen LogP contribution in [0.2, 0.25) is 0 Å². The first-order chi connectivity index (χ1) is 14.4. The van der Waals surface area contributed by atoms with Gasteiger partial charge in [0.1, 0.15) is 0 Å². The van der Waals surface area contributed by atoms with E-state index in [9.17, 15) is 27.9 Å². The van der Waals surface area contributed by atoms with Crippen LogP contribution in [0.25, 0.3) is 0 Å². The van der Waals surface area contributed by atoms with E-state index in [1.54, 1.807) is 9.80 Å². The normalized spacial score (nSPS) is 31.2. The van der Waals surface area contributed by atoms with Crippen molar-refractivity contribution in [2.75, 3.05) is 18.0 Å². The topological polar surface area (TPSA) is 60.9 Å². The molecule has 1 aromatic carbocycles. The standard InChI is InChI=1S/C23H29F3N2O3/c1-20(2)8-7-18(29)28(20)15-22(31)11-9-21(10-12-22)13-14-27(19(21)30)17-5-3-16(4-6-17)23(24,25)26/h3-6,31H,7-15H2,1-2H3/t21-,22-. The monoisotopic (exact) mass is 438 g/mol. The van der Waals surface area contributed by atoms with Crippen molar-refractivity contribution in [2.45, 2.75) is 76.1 Å². The van der Waals surface area contributed by atoms with Crippen molar-refractivity contribution in [3.8, 4) is 0 Å². The number of β-amino-alcohol motifs (C(OH)–C–C–N with tert-alkyl or cyclic N) is 1. The minimum Gasteiger partial charge on any atom is -0.388 e. The summed E-state index contributed by atoms with van der Waals surface area (Å²) in [4.78, 5) is 28.9. The number of carbonyl (C=O) groups is 2. The van der Waals surface area contributed by atoms with Gasteiger partial charge < -0.3 is 14.9 Å². The molecule has 8 heteroatoms. The summed E-state index contributed by atoms with van der Waals surface area (Å²) >= 11 is 0. The van der Waals surface area contributed by atoms with Crippen LogP contribution in [-0.2, 0) is 15.8 Å². The summed E-state index contributed by atoms with van der Waals surface area (Å²) in [6.45, 7) is 4.76. The van der Waals surface area contributed by atoms with Gasteiger partial charge in [-0.2, -0.15) is 13.2 Å². The van der Waals surface area contributed by atoms with Gasteiger partial charge in [0.15, 0.2) is 0 Å². The summed E-state index contributed by atoms with van der Waals surface area (Å²) in [5, 5.41) is 11.2. The Morgan fingerprint density at radius 1 is 0.968 bits per heavy atom. The van der Waals surface area contributed by atoms with Crippen molar-refractivity contribution in [3.63, 3.8) is 0 Å². The number of likely N-dealkylation sites (tertiary alicyclic amines) is 1. The maximum Gasteiger partial charge on any atom is 0.416 e. The fourth-order valence-corrected chi connectivity index (χ4v) is 5.33. The molecule has 1 saturated carbocycles. The first kappa shape index (κ1) is 22.1. The van der Waals surface area contributed by atoms with Crippen LogP contribution in [-0.4, -0.2) is 46.1 Å². The van der Waals surface area contributed by atoms with Crippen molar-refractivity contribution in [1.29, 1.82) is 0 Å². The molecule has 1 N–H and O–H groups in total. The number of aliphatic hydroxyl groups is 1. The summed E-state index contributed by atoms with van der Waals surface area (Å²) in [5.74, 6) is -0.0176. The van der Waals surface area contributed by atoms with E-state index < -0.39 is 22.8 Å². The van der Waals surface area contributed by atoms with Crippen molar-refractivity contribution in [3.05, 3.63) is 29.8 Å². The average molecular weight is 438 g/mol. The first-order valence-electron chi connectivity index (χ1n) is 10.9. The number of benzene rings is 1. The van der Waals surface area contributed by atoms with Gasteiger partial charge in [0.2, 0.25) is 11.8 Å². The fourth-order valence-electron chi connectivity index (χ4n) is 5.33. The van der Waals surface area contributed by atoms with Gasteiger partial charge in [-0.3, -0.25) is 9.59 Å². The molecule has 31 heavy (non-hydrogen) atoms. The number of nitrogens with zero attached hydrogens (tertiary/aromatic N) is 2. The Kier molecular flexibility index (Phi) is 5.15. The molecule has 0 aromatic heterocycles. The van der Waals surface area contributed by atoms with E-state index in [2.05, 4.69) is 0 Å². The van der Waals surface area contributed by atoms with E-state index in [4.69, 9.17) is 0 Å². The van der Waals surface area contributed by atoms with Gasteiger partial charge in [-0.1, -0.05) is 0 Å². The van der Waals surface area contributed by atoms with Crippen LogP contribution in [0.5, 0.6) is 0 Å². The Hall–Kier alpha value is -2.09. The lowest BCUT2D eigenvalue weighted by Gasteiger charge is -2.44. The molecule has 3 fully saturated rings. The predicted octanol–water partition coefficient (Wildman–Crippen LogP) is 4.13. The highest BCUT2D eigenvalue weighted by Gasteiger charge is 2.53. The Morgan fingerprint density at radius 3 is 2.10 bits per heavy atom. The predicted molar refractivity (Wildman–Crippen MR) is 109 cm³/mol. The summed E-state index contributed by atoms with van der Waals surface area (Å²) in [7, 11) is 0. The third kappa shape index (κ3) is 3.95. The van der Waals surface area contributed by atoms with Crippen molar-refractivity contribution >= 4 is 17.5 Å². The molecule has 2 aliphatic heterocycles. The van der Waals surface area contributed by atoms with E-state index in [0.29, 0.717) is 50.8 Å². The van der Waals surface area contributed by atoms with Crippen LogP contribution >= 0.6 is 0 Å². The number of amides is 2. The van der Waals surface area contributed by atoms with Crippen LogP contribution in [0.3, 0.4) is 0 Å². The van der Waals surface area contributed by atoms with Crippen molar-refractivity contribution < 1.29 is 27.9 Å². The van der Waals surface area contributed by atoms with Gasteiger partial charge in [0.25, 0.3) is 0 Å². The maximum atomic E-state index is 13.2. The summed E-state index contributed by atoms with van der Waals surface area (Å²) in [6.07, 6.45) is -0.631. The third-order valence-corrected chi connectivity index (χ3v) is 7.59. The van der Waals surface area contributed by atoms with Crippen molar-refractivity contribution in [1.82, 2.24) is 4.90 Å². The molecule has 0 atom stereocenters. The number of anilines is 1. The molecule has 0 radical (unpaired) electrons. The lowest BCUT2D eigenvalue weighted by Crippen LogP contribution is -2.53. The lowest BCUT2D eigenvalue weighted by atomic mass is 9.67. The molecule has 1 spiro atoms. The molecule has 4 rings (SSSR count). The number of halogens is 3. The maximum absolute atomic E-state index is 13.2. The SMILES string of the molecule is CC1(C)CCC(=O)N1C[C@]1(O)CC[C@@]2(CCN(c3ccc(C(F)(F)F)cc3)C2=O)CC1. The highest BCUT2D eigenvalue weighted by atomic mass is 19.4. The quantitative estimate of drug-likeness (QED) is 0.772. The molecule has 0 bridgehead atoms. The molecular formula is C23H29F3N2O3. The highest BCUT2D eigenvalue weighted by molar-refractivity contribution is 6.00. The molecule has 2 saturated heterocycles. The van der Waals surface area contributed by atoms with E-state index in [1.807, 2.05) is 13.8 Å². The molecule has 170 valence electrons. The van der Waals surface area contributed by atoms with E-state index >= 15 is 0 Å². The van der Waals surface area contributed by atoms with E-state index in [1.165, 1.54) is 12.1 Å². The van der Waals surface area contributed by atoms with Crippen LogP contribution in [0.15, 0.2) is 24.3 Å². The molecule has 2 heterocycles. The Balaban J connectivity index is 1.43. The molecule has 3 aliphatic rings. The molecule has 1 aromatic rings. The van der Waals surface area contributed by atoms with Crippen molar-refractivity contribution in [2.24, 2.45) is 5.41 Å². The van der Waals surface area contributed by atoms with Crippen LogP contribution in [0, 0.1) is 5.41 Å². The summed E-state index contributed by atoms with van der Waals surface area (Å²) in [6, 6.07) is 4.70. The van der Waals surface area contributed by atoms with Gasteiger partial charge in [0, 0.05) is 30.7 Å². The van der Waals surface area contributed by atoms with Crippen LogP contribution in [0.4, 0.5) is 18.9 Å². The lowest BCUT2D eigenvalue weighted by molar-refractivity contribution is -0.141. The van der Waals surface area contributed by atoms with Gasteiger partial charge >= 0.3 is 6.18 Å². The Labute approximate surface area is 180 Å². The van der Waals surface area contributed by atoms with E-state index in [0.717, 1.165) is 18.6 Å². The molecule has 0 unspecified atom stereocenters. The van der Waals surface area contributed by atoms with Gasteiger partial charge in [-0.25, -0.2) is 0 Å². The Morgan fingerprint density at radius 2 is 1.58 bits per heavy atom. The highest BCUT2D eigenvalue weighted by Crippen LogP contribution is 2.49. The summed E-state index contributed by atoms with van der Waals surface area (Å²) < 4.78 is 38.5. The van der Waals surface area contributed by atoms with Crippen LogP contribution < -0.4 is 4.90 Å². The minimum atomic E-state index is -4.41. The molecule has 2 amide bonds. The Bertz CT molecular complexity index is 871. The minimum absolute atomic E-state index is 0.0594. The zero-order valence-corrected chi connectivity index (χ0v) is 18.0. The zero-order valence-electron chi connectivity index (χ0n) is 18.0. The number of alkyl halides is 3. The van der Waals surface area contributed by atoms with Crippen LogP contribution in [0.1, 0.15) is 64.4 Å². The average Bonchev–Trinajstić information content (AvgIpc) is 3.15. The molecule has 1 aliphatic carbocycles.